The van der Waals surface area contributed by atoms with Crippen molar-refractivity contribution in [3.63, 3.8) is 0 Å². The normalized spacial score (nSPS) is 16.4. The Labute approximate surface area is 148 Å². The van der Waals surface area contributed by atoms with Gasteiger partial charge >= 0.3 is 0 Å². The molecule has 8 nitrogen and oxygen atoms in total. The first kappa shape index (κ1) is 19.4. The molecule has 0 bridgehead atoms. The predicted molar refractivity (Wildman–Crippen MR) is 92.5 cm³/mol. The average Bonchev–Trinajstić information content (AvgIpc) is 2.61. The van der Waals surface area contributed by atoms with Crippen molar-refractivity contribution >= 4 is 21.8 Å². The quantitative estimate of drug-likeness (QED) is 0.509. The van der Waals surface area contributed by atoms with E-state index in [9.17, 15) is 18.0 Å². The minimum Gasteiger partial charge on any atom is -0.355 e. The number of nitrogens with zero attached hydrogens (tertiary/aromatic N) is 1. The van der Waals surface area contributed by atoms with Crippen LogP contribution in [0.1, 0.15) is 6.92 Å². The molecule has 1 heterocycles. The number of quaternary nitrogens is 1. The molecule has 138 valence electrons. The summed E-state index contributed by atoms with van der Waals surface area (Å²) in [6, 6.07) is 8.36. The molecule has 2 rings (SSSR count). The van der Waals surface area contributed by atoms with Crippen molar-refractivity contribution in [3.8, 4) is 0 Å². The van der Waals surface area contributed by atoms with Crippen LogP contribution < -0.4 is 15.5 Å². The van der Waals surface area contributed by atoms with E-state index in [1.807, 2.05) is 6.92 Å². The molecule has 0 radical (unpaired) electrons. The maximum atomic E-state index is 12.5. The Morgan fingerprint density at radius 1 is 1.08 bits per heavy atom. The zero-order valence-electron chi connectivity index (χ0n) is 14.3. The second kappa shape index (κ2) is 8.93. The number of hydrogen-bond acceptors (Lipinski definition) is 4. The summed E-state index contributed by atoms with van der Waals surface area (Å²) in [5.41, 5.74) is 0. The lowest BCUT2D eigenvalue weighted by Gasteiger charge is -2.31. The number of carbonyl (C=O) groups is 2. The largest absolute Gasteiger partial charge is 0.355 e. The molecule has 0 spiro atoms. The summed E-state index contributed by atoms with van der Waals surface area (Å²) in [5.74, 6) is -0.426. The van der Waals surface area contributed by atoms with Gasteiger partial charge in [0.1, 0.15) is 0 Å². The summed E-state index contributed by atoms with van der Waals surface area (Å²) in [6.07, 6.45) is 0. The molecule has 0 aliphatic carbocycles. The number of amides is 2. The summed E-state index contributed by atoms with van der Waals surface area (Å²) >= 11 is 0. The fourth-order valence-electron chi connectivity index (χ4n) is 2.69. The summed E-state index contributed by atoms with van der Waals surface area (Å²) in [5, 5.41) is 5.19. The number of rotatable bonds is 7. The van der Waals surface area contributed by atoms with Crippen molar-refractivity contribution in [2.24, 2.45) is 0 Å². The standard InChI is InChI=1S/C16H24N4O4S/c1-2-17-15(21)12-18-16(22)13-19-8-10-20(11-9-19)25(23,24)14-6-4-3-5-7-14/h3-7H,2,8-13H2,1H3,(H,17,21)(H,18,22)/p+1. The van der Waals surface area contributed by atoms with Gasteiger partial charge in [-0.1, -0.05) is 18.2 Å². The maximum Gasteiger partial charge on any atom is 0.275 e. The molecular weight excluding hydrogens is 344 g/mol. The van der Waals surface area contributed by atoms with Crippen molar-refractivity contribution < 1.29 is 22.9 Å². The van der Waals surface area contributed by atoms with Crippen LogP contribution in [0, 0.1) is 0 Å². The first-order valence-electron chi connectivity index (χ1n) is 8.35. The van der Waals surface area contributed by atoms with E-state index in [1.54, 1.807) is 30.3 Å². The number of hydrogen-bond donors (Lipinski definition) is 3. The van der Waals surface area contributed by atoms with E-state index in [4.69, 9.17) is 0 Å². The van der Waals surface area contributed by atoms with Crippen LogP contribution in [0.15, 0.2) is 35.2 Å². The summed E-state index contributed by atoms with van der Waals surface area (Å²) in [7, 11) is -3.48. The molecular formula is C16H25N4O4S+. The molecule has 1 aromatic rings. The smallest absolute Gasteiger partial charge is 0.275 e. The number of benzene rings is 1. The van der Waals surface area contributed by atoms with Gasteiger partial charge in [-0.05, 0) is 19.1 Å². The fourth-order valence-corrected chi connectivity index (χ4v) is 4.15. The highest BCUT2D eigenvalue weighted by Gasteiger charge is 2.30. The second-order valence-electron chi connectivity index (χ2n) is 5.87. The number of likely N-dealkylation sites (N-methyl/N-ethyl adjacent to an activating group) is 1. The van der Waals surface area contributed by atoms with Gasteiger partial charge in [-0.2, -0.15) is 4.31 Å². The molecule has 1 aliphatic heterocycles. The Hall–Kier alpha value is -1.97. The Morgan fingerprint density at radius 3 is 2.32 bits per heavy atom. The highest BCUT2D eigenvalue weighted by atomic mass is 32.2. The number of sulfonamides is 1. The van der Waals surface area contributed by atoms with Gasteiger partial charge in [0.05, 0.1) is 37.6 Å². The molecule has 25 heavy (non-hydrogen) atoms. The topological polar surface area (TPSA) is 100 Å². The Balaban J connectivity index is 1.80. The van der Waals surface area contributed by atoms with Crippen LogP contribution >= 0.6 is 0 Å². The lowest BCUT2D eigenvalue weighted by Crippen LogP contribution is -3.15. The third-order valence-corrected chi connectivity index (χ3v) is 5.95. The van der Waals surface area contributed by atoms with Crippen molar-refractivity contribution in [3.05, 3.63) is 30.3 Å². The number of nitrogens with one attached hydrogen (secondary N) is 3. The second-order valence-corrected chi connectivity index (χ2v) is 7.81. The molecule has 3 N–H and O–H groups in total. The SMILES string of the molecule is CCNC(=O)CNC(=O)C[NH+]1CCN(S(=O)(=O)c2ccccc2)CC1. The van der Waals surface area contributed by atoms with E-state index in [2.05, 4.69) is 10.6 Å². The molecule has 1 fully saturated rings. The third-order valence-electron chi connectivity index (χ3n) is 4.04. The molecule has 2 amide bonds. The van der Waals surface area contributed by atoms with Gasteiger partial charge in [0.2, 0.25) is 15.9 Å². The van der Waals surface area contributed by atoms with Crippen LogP contribution in [0.4, 0.5) is 0 Å². The van der Waals surface area contributed by atoms with Gasteiger partial charge in [-0.3, -0.25) is 9.59 Å². The van der Waals surface area contributed by atoms with Crippen LogP contribution in [-0.2, 0) is 19.6 Å². The van der Waals surface area contributed by atoms with E-state index in [-0.39, 0.29) is 29.8 Å². The zero-order chi connectivity index (χ0) is 18.3. The van der Waals surface area contributed by atoms with Gasteiger partial charge < -0.3 is 15.5 Å². The Bertz CT molecular complexity index is 685. The van der Waals surface area contributed by atoms with Crippen molar-refractivity contribution in [2.45, 2.75) is 11.8 Å². The van der Waals surface area contributed by atoms with E-state index >= 15 is 0 Å². The van der Waals surface area contributed by atoms with Crippen LogP contribution in [0.3, 0.4) is 0 Å². The Kier molecular flexibility index (Phi) is 6.91. The van der Waals surface area contributed by atoms with E-state index in [0.29, 0.717) is 32.7 Å². The lowest BCUT2D eigenvalue weighted by molar-refractivity contribution is -0.895. The zero-order valence-corrected chi connectivity index (χ0v) is 15.1. The Morgan fingerprint density at radius 2 is 1.72 bits per heavy atom. The molecule has 9 heteroatoms. The van der Waals surface area contributed by atoms with Gasteiger partial charge in [0, 0.05) is 6.54 Å². The van der Waals surface area contributed by atoms with Crippen LogP contribution in [-0.4, -0.2) is 70.4 Å². The molecule has 0 saturated carbocycles. The minimum absolute atomic E-state index is 0.0333. The van der Waals surface area contributed by atoms with Crippen molar-refractivity contribution in [1.29, 1.82) is 0 Å². The van der Waals surface area contributed by atoms with Crippen molar-refractivity contribution in [1.82, 2.24) is 14.9 Å². The summed E-state index contributed by atoms with van der Waals surface area (Å²) < 4.78 is 26.6. The van der Waals surface area contributed by atoms with Crippen molar-refractivity contribution in [2.75, 3.05) is 45.8 Å². The predicted octanol–water partition coefficient (Wildman–Crippen LogP) is -2.17. The number of piperazine rings is 1. The van der Waals surface area contributed by atoms with Crippen LogP contribution in [0.5, 0.6) is 0 Å². The monoisotopic (exact) mass is 369 g/mol. The van der Waals surface area contributed by atoms with E-state index in [1.165, 1.54) is 4.31 Å². The summed E-state index contributed by atoms with van der Waals surface area (Å²) in [4.78, 5) is 24.5. The molecule has 1 aliphatic rings. The van der Waals surface area contributed by atoms with Gasteiger partial charge in [-0.25, -0.2) is 8.42 Å². The molecule has 0 unspecified atom stereocenters. The third kappa shape index (κ3) is 5.52. The van der Waals surface area contributed by atoms with Gasteiger partial charge in [0.15, 0.2) is 6.54 Å². The van der Waals surface area contributed by atoms with Crippen LogP contribution in [0.2, 0.25) is 0 Å². The highest BCUT2D eigenvalue weighted by molar-refractivity contribution is 7.89. The first-order valence-corrected chi connectivity index (χ1v) is 9.79. The molecule has 1 aromatic carbocycles. The fraction of sp³-hybridized carbons (Fsp3) is 0.500. The summed E-state index contributed by atoms with van der Waals surface area (Å²) in [6.45, 7) is 4.39. The van der Waals surface area contributed by atoms with E-state index < -0.39 is 10.0 Å². The number of carbonyl (C=O) groups excluding carboxylic acids is 2. The lowest BCUT2D eigenvalue weighted by atomic mass is 10.3. The maximum absolute atomic E-state index is 12.5. The molecule has 0 atom stereocenters. The van der Waals surface area contributed by atoms with E-state index in [0.717, 1.165) is 4.90 Å². The highest BCUT2D eigenvalue weighted by Crippen LogP contribution is 2.14. The van der Waals surface area contributed by atoms with Crippen LogP contribution in [0.25, 0.3) is 0 Å². The average molecular weight is 369 g/mol. The molecule has 0 aromatic heterocycles. The van der Waals surface area contributed by atoms with Gasteiger partial charge in [0.25, 0.3) is 5.91 Å². The first-order chi connectivity index (χ1) is 11.9. The van der Waals surface area contributed by atoms with Gasteiger partial charge in [-0.15, -0.1) is 0 Å². The molecule has 1 saturated heterocycles. The minimum atomic E-state index is -3.48.